The van der Waals surface area contributed by atoms with E-state index in [1.807, 2.05) is 0 Å². The van der Waals surface area contributed by atoms with Gasteiger partial charge >= 0.3 is 0 Å². The zero-order valence-electron chi connectivity index (χ0n) is 38.6. The van der Waals surface area contributed by atoms with E-state index < -0.39 is 0 Å². The molecule has 0 aliphatic rings. The molecule has 3 heteroatoms. The summed E-state index contributed by atoms with van der Waals surface area (Å²) < 4.78 is 7.69. The number of hydrogen-bond acceptors (Lipinski definition) is 0. The molecule has 0 aliphatic heterocycles. The predicted molar refractivity (Wildman–Crippen MR) is 288 cm³/mol. The molecule has 67 heavy (non-hydrogen) atoms. The Morgan fingerprint density at radius 2 is 0.866 bits per heavy atom. The second-order valence-corrected chi connectivity index (χ2v) is 21.3. The van der Waals surface area contributed by atoms with Gasteiger partial charge < -0.3 is 13.4 Å². The van der Waals surface area contributed by atoms with Gasteiger partial charge in [-0.05, 0) is 116 Å². The lowest BCUT2D eigenvalue weighted by Gasteiger charge is -2.21. The van der Waals surface area contributed by atoms with Crippen LogP contribution in [-0.4, -0.2) is 13.4 Å². The second-order valence-electron chi connectivity index (χ2n) is 21.3. The summed E-state index contributed by atoms with van der Waals surface area (Å²) in [7, 11) is 0. The molecule has 318 valence electrons. The van der Waals surface area contributed by atoms with Gasteiger partial charge in [-0.2, -0.15) is 0 Å². The van der Waals surface area contributed by atoms with Crippen LogP contribution in [0.3, 0.4) is 0 Å². The van der Waals surface area contributed by atoms with Crippen LogP contribution in [-0.2, 0) is 10.8 Å². The van der Waals surface area contributed by atoms with Crippen LogP contribution < -0.4 is 0 Å². The van der Waals surface area contributed by atoms with Crippen LogP contribution in [0.2, 0.25) is 0 Å². The van der Waals surface area contributed by atoms with Crippen molar-refractivity contribution in [2.75, 3.05) is 0 Å². The zero-order valence-corrected chi connectivity index (χ0v) is 38.6. The van der Waals surface area contributed by atoms with E-state index in [2.05, 4.69) is 231 Å². The fraction of sp³-hybridized carbons (Fsp3) is 0.125. The minimum atomic E-state index is -0.0784. The van der Waals surface area contributed by atoms with Gasteiger partial charge in [0.25, 0.3) is 0 Å². The number of nitrogens with zero attached hydrogens (tertiary/aromatic N) is 3. The van der Waals surface area contributed by atoms with E-state index in [1.54, 1.807) is 0 Å². The Kier molecular flexibility index (Phi) is 6.97. The van der Waals surface area contributed by atoms with Crippen LogP contribution in [0.4, 0.5) is 0 Å². The fourth-order valence-electron chi connectivity index (χ4n) is 12.4. The maximum atomic E-state index is 2.66. The van der Waals surface area contributed by atoms with Gasteiger partial charge in [-0.15, -0.1) is 0 Å². The molecule has 5 heterocycles. The van der Waals surface area contributed by atoms with Gasteiger partial charge in [0.15, 0.2) is 0 Å². The van der Waals surface area contributed by atoms with Crippen LogP contribution in [0, 0.1) is 0 Å². The summed E-state index contributed by atoms with van der Waals surface area (Å²) in [6.07, 6.45) is 0. The molecular formula is C64H47N3. The molecule has 10 aromatic carbocycles. The van der Waals surface area contributed by atoms with E-state index in [-0.39, 0.29) is 10.8 Å². The SMILES string of the molecule is CC(C)(C)c1cc(-c2ccc3c(c2)c2ccccc2n3-c2ccccc2)c2c(c1)c1c3ccccc3cc3c4c5c6cc(C(C)(C)C)cc7c8ccc9ccccc9c8n(c5ccc4n2c31)c76. The average molecular weight is 858 g/mol. The molecular weight excluding hydrogens is 811 g/mol. The Bertz CT molecular complexity index is 4620. The highest BCUT2D eigenvalue weighted by Crippen LogP contribution is 2.52. The number of fused-ring (bicyclic) bond motifs is 20. The van der Waals surface area contributed by atoms with Crippen LogP contribution in [0.1, 0.15) is 52.7 Å². The summed E-state index contributed by atoms with van der Waals surface area (Å²) in [5.74, 6) is 0. The van der Waals surface area contributed by atoms with Crippen molar-refractivity contribution >= 4 is 120 Å². The Morgan fingerprint density at radius 3 is 1.61 bits per heavy atom. The van der Waals surface area contributed by atoms with Gasteiger partial charge in [0.1, 0.15) is 0 Å². The first-order valence-electron chi connectivity index (χ1n) is 23.9. The van der Waals surface area contributed by atoms with E-state index in [9.17, 15) is 0 Å². The first-order valence-corrected chi connectivity index (χ1v) is 23.9. The minimum absolute atomic E-state index is 0.0392. The molecule has 0 fully saturated rings. The molecule has 15 rings (SSSR count). The van der Waals surface area contributed by atoms with Crippen molar-refractivity contribution in [3.63, 3.8) is 0 Å². The largest absolute Gasteiger partial charge is 0.309 e. The Hall–Kier alpha value is -7.88. The van der Waals surface area contributed by atoms with Crippen molar-refractivity contribution in [3.8, 4) is 16.8 Å². The van der Waals surface area contributed by atoms with Crippen molar-refractivity contribution in [1.29, 1.82) is 0 Å². The standard InChI is InChI=1S/C64H47N3/c1-63(2,3)39-32-46(38-25-27-53-47(30-38)44-22-14-15-23-52(44)65(53)41-18-8-7-9-19-41)60-50(34-39)56-42-20-12-11-17-37(42)31-49-57-55(67(60)62(49)56)29-28-54-58(57)51-35-40(64(4,5)6)33-48-45-26-24-36-16-10-13-21-43(36)59(45)66(54)61(48)51/h7-35H,1-6H3. The molecule has 0 aliphatic carbocycles. The zero-order chi connectivity index (χ0) is 44.8. The van der Waals surface area contributed by atoms with E-state index in [0.29, 0.717) is 0 Å². The summed E-state index contributed by atoms with van der Waals surface area (Å²) in [5.41, 5.74) is 16.4. The van der Waals surface area contributed by atoms with Crippen molar-refractivity contribution in [3.05, 3.63) is 187 Å². The van der Waals surface area contributed by atoms with E-state index in [4.69, 9.17) is 0 Å². The lowest BCUT2D eigenvalue weighted by Crippen LogP contribution is -2.11. The molecule has 0 saturated heterocycles. The van der Waals surface area contributed by atoms with Gasteiger partial charge in [-0.25, -0.2) is 0 Å². The summed E-state index contributed by atoms with van der Waals surface area (Å²) >= 11 is 0. The van der Waals surface area contributed by atoms with Gasteiger partial charge in [0.2, 0.25) is 0 Å². The maximum absolute atomic E-state index is 2.66. The van der Waals surface area contributed by atoms with E-state index in [1.165, 1.54) is 147 Å². The molecule has 15 aromatic rings. The Balaban J connectivity index is 1.15. The normalized spacial score (nSPS) is 13.2. The van der Waals surface area contributed by atoms with E-state index in [0.717, 1.165) is 0 Å². The molecule has 0 N–H and O–H groups in total. The Labute approximate surface area is 387 Å². The number of rotatable bonds is 2. The van der Waals surface area contributed by atoms with Gasteiger partial charge in [-0.1, -0.05) is 145 Å². The molecule has 0 radical (unpaired) electrons. The highest BCUT2D eigenvalue weighted by molar-refractivity contribution is 6.39. The van der Waals surface area contributed by atoms with Crippen molar-refractivity contribution in [2.45, 2.75) is 52.4 Å². The second kappa shape index (κ2) is 12.5. The quantitative estimate of drug-likeness (QED) is 0.164. The Morgan fingerprint density at radius 1 is 0.313 bits per heavy atom. The first-order chi connectivity index (χ1) is 32.5. The van der Waals surface area contributed by atoms with Crippen LogP contribution in [0.5, 0.6) is 0 Å². The lowest BCUT2D eigenvalue weighted by atomic mass is 9.83. The molecule has 0 saturated carbocycles. The first kappa shape index (κ1) is 37.4. The third-order valence-electron chi connectivity index (χ3n) is 15.5. The molecule has 0 amide bonds. The van der Waals surface area contributed by atoms with Crippen LogP contribution >= 0.6 is 0 Å². The van der Waals surface area contributed by atoms with E-state index >= 15 is 0 Å². The van der Waals surface area contributed by atoms with Gasteiger partial charge in [-0.3, -0.25) is 0 Å². The highest BCUT2D eigenvalue weighted by Gasteiger charge is 2.30. The monoisotopic (exact) mass is 857 g/mol. The fourth-order valence-corrected chi connectivity index (χ4v) is 12.4. The number of para-hydroxylation sites is 2. The third-order valence-corrected chi connectivity index (χ3v) is 15.5. The van der Waals surface area contributed by atoms with Gasteiger partial charge in [0, 0.05) is 70.5 Å². The maximum Gasteiger partial charge on any atom is 0.0627 e. The smallest absolute Gasteiger partial charge is 0.0627 e. The summed E-state index contributed by atoms with van der Waals surface area (Å²) in [6, 6.07) is 67.0. The predicted octanol–water partition coefficient (Wildman–Crippen LogP) is 17.7. The lowest BCUT2D eigenvalue weighted by molar-refractivity contribution is 0.591. The summed E-state index contributed by atoms with van der Waals surface area (Å²) in [6.45, 7) is 14.1. The van der Waals surface area contributed by atoms with Crippen LogP contribution in [0.15, 0.2) is 176 Å². The molecule has 5 aromatic heterocycles. The van der Waals surface area contributed by atoms with Gasteiger partial charge in [0.05, 0.1) is 44.1 Å². The minimum Gasteiger partial charge on any atom is -0.309 e. The molecule has 0 unspecified atom stereocenters. The highest BCUT2D eigenvalue weighted by atomic mass is 15.0. The topological polar surface area (TPSA) is 13.8 Å². The van der Waals surface area contributed by atoms with Crippen molar-refractivity contribution in [2.24, 2.45) is 0 Å². The molecule has 0 atom stereocenters. The number of benzene rings is 10. The summed E-state index contributed by atoms with van der Waals surface area (Å²) in [4.78, 5) is 0. The van der Waals surface area contributed by atoms with Crippen LogP contribution in [0.25, 0.3) is 136 Å². The number of aromatic nitrogens is 3. The third kappa shape index (κ3) is 4.76. The van der Waals surface area contributed by atoms with Crippen molar-refractivity contribution < 1.29 is 0 Å². The molecule has 3 nitrogen and oxygen atoms in total. The molecule has 0 spiro atoms. The summed E-state index contributed by atoms with van der Waals surface area (Å²) in [5, 5.41) is 18.3. The number of hydrogen-bond donors (Lipinski definition) is 0. The van der Waals surface area contributed by atoms with Crippen molar-refractivity contribution in [1.82, 2.24) is 13.4 Å². The molecule has 0 bridgehead atoms. The average Bonchev–Trinajstić information content (AvgIpc) is 4.13.